The highest BCUT2D eigenvalue weighted by Gasteiger charge is 2.24. The number of benzene rings is 1. The lowest BCUT2D eigenvalue weighted by atomic mass is 9.88. The van der Waals surface area contributed by atoms with Gasteiger partial charge in [0.05, 0.1) is 10.6 Å². The minimum atomic E-state index is -3.47. The first-order valence-electron chi connectivity index (χ1n) is 6.94. The van der Waals surface area contributed by atoms with E-state index in [1.165, 1.54) is 32.0 Å². The third kappa shape index (κ3) is 3.24. The van der Waals surface area contributed by atoms with Gasteiger partial charge in [0.2, 0.25) is 10.0 Å². The number of nitrogens with one attached hydrogen (secondary N) is 1. The number of nitrogens with two attached hydrogens (primary N) is 1. The first-order valence-corrected chi connectivity index (χ1v) is 8.42. The molecular formula is C14H22N2O3S. The molecule has 0 amide bonds. The number of sulfonamides is 1. The van der Waals surface area contributed by atoms with Gasteiger partial charge in [-0.1, -0.05) is 13.3 Å². The van der Waals surface area contributed by atoms with Crippen molar-refractivity contribution in [2.75, 3.05) is 12.8 Å². The van der Waals surface area contributed by atoms with E-state index < -0.39 is 10.0 Å². The fraction of sp³-hybridized carbons (Fsp3) is 0.571. The molecule has 112 valence electrons. The highest BCUT2D eigenvalue weighted by atomic mass is 32.2. The van der Waals surface area contributed by atoms with Crippen LogP contribution < -0.4 is 15.2 Å². The number of hydrogen-bond acceptors (Lipinski definition) is 4. The highest BCUT2D eigenvalue weighted by molar-refractivity contribution is 7.89. The number of anilines is 1. The van der Waals surface area contributed by atoms with E-state index in [0.29, 0.717) is 17.4 Å². The van der Waals surface area contributed by atoms with Crippen molar-refractivity contribution >= 4 is 15.7 Å². The second-order valence-corrected chi connectivity index (χ2v) is 7.21. The molecule has 0 aliphatic heterocycles. The van der Waals surface area contributed by atoms with Crippen LogP contribution >= 0.6 is 0 Å². The second kappa shape index (κ2) is 6.01. The average Bonchev–Trinajstić information content (AvgIpc) is 2.43. The van der Waals surface area contributed by atoms with E-state index in [1.54, 1.807) is 6.07 Å². The molecular weight excluding hydrogens is 276 g/mol. The predicted octanol–water partition coefficient (Wildman–Crippen LogP) is 2.13. The summed E-state index contributed by atoms with van der Waals surface area (Å²) in [5.74, 6) is 1.07. The van der Waals surface area contributed by atoms with Crippen molar-refractivity contribution < 1.29 is 13.2 Å². The van der Waals surface area contributed by atoms with Gasteiger partial charge in [-0.2, -0.15) is 0 Å². The molecule has 2 rings (SSSR count). The third-order valence-electron chi connectivity index (χ3n) is 3.87. The van der Waals surface area contributed by atoms with Crippen molar-refractivity contribution in [1.29, 1.82) is 0 Å². The molecule has 1 fully saturated rings. The number of nitrogen functional groups attached to an aromatic ring is 1. The molecule has 2 atom stereocenters. The van der Waals surface area contributed by atoms with Crippen LogP contribution in [0.15, 0.2) is 23.1 Å². The van der Waals surface area contributed by atoms with Gasteiger partial charge in [0, 0.05) is 0 Å². The van der Waals surface area contributed by atoms with Crippen molar-refractivity contribution in [2.24, 2.45) is 5.92 Å². The maximum atomic E-state index is 11.7. The van der Waals surface area contributed by atoms with E-state index in [0.717, 1.165) is 12.8 Å². The summed E-state index contributed by atoms with van der Waals surface area (Å²) < 4.78 is 31.6. The zero-order valence-electron chi connectivity index (χ0n) is 11.9. The summed E-state index contributed by atoms with van der Waals surface area (Å²) in [5, 5.41) is 0. The van der Waals surface area contributed by atoms with E-state index in [1.807, 2.05) is 0 Å². The maximum Gasteiger partial charge on any atom is 0.240 e. The first kappa shape index (κ1) is 15.1. The van der Waals surface area contributed by atoms with Crippen LogP contribution in [0.25, 0.3) is 0 Å². The van der Waals surface area contributed by atoms with Gasteiger partial charge in [-0.15, -0.1) is 0 Å². The Morgan fingerprint density at radius 1 is 1.30 bits per heavy atom. The monoisotopic (exact) mass is 298 g/mol. The van der Waals surface area contributed by atoms with Crippen LogP contribution in [-0.2, 0) is 10.0 Å². The average molecular weight is 298 g/mol. The van der Waals surface area contributed by atoms with Crippen molar-refractivity contribution in [3.05, 3.63) is 18.2 Å². The summed E-state index contributed by atoms with van der Waals surface area (Å²) >= 11 is 0. The Morgan fingerprint density at radius 3 is 2.60 bits per heavy atom. The minimum Gasteiger partial charge on any atom is -0.488 e. The third-order valence-corrected chi connectivity index (χ3v) is 5.28. The van der Waals surface area contributed by atoms with Crippen molar-refractivity contribution in [1.82, 2.24) is 4.72 Å². The van der Waals surface area contributed by atoms with Crippen LogP contribution in [0, 0.1) is 5.92 Å². The summed E-state index contributed by atoms with van der Waals surface area (Å²) in [6.45, 7) is 2.18. The molecule has 0 bridgehead atoms. The fourth-order valence-corrected chi connectivity index (χ4v) is 3.30. The second-order valence-electron chi connectivity index (χ2n) is 5.33. The van der Waals surface area contributed by atoms with Gasteiger partial charge in [0.25, 0.3) is 0 Å². The topological polar surface area (TPSA) is 81.4 Å². The van der Waals surface area contributed by atoms with Crippen molar-refractivity contribution in [3.8, 4) is 5.75 Å². The summed E-state index contributed by atoms with van der Waals surface area (Å²) in [6, 6.07) is 4.60. The molecule has 1 aromatic carbocycles. The summed E-state index contributed by atoms with van der Waals surface area (Å²) in [5.41, 5.74) is 6.28. The molecule has 1 aliphatic carbocycles. The quantitative estimate of drug-likeness (QED) is 0.834. The molecule has 1 aliphatic rings. The molecule has 0 spiro atoms. The predicted molar refractivity (Wildman–Crippen MR) is 79.1 cm³/mol. The Morgan fingerprint density at radius 2 is 2.00 bits per heavy atom. The Bertz CT molecular complexity index is 572. The maximum absolute atomic E-state index is 11.7. The molecule has 2 unspecified atom stereocenters. The number of rotatable bonds is 4. The van der Waals surface area contributed by atoms with Gasteiger partial charge in [-0.3, -0.25) is 0 Å². The zero-order chi connectivity index (χ0) is 14.8. The highest BCUT2D eigenvalue weighted by Crippen LogP contribution is 2.31. The zero-order valence-corrected chi connectivity index (χ0v) is 12.7. The summed E-state index contributed by atoms with van der Waals surface area (Å²) in [6.07, 6.45) is 4.77. The van der Waals surface area contributed by atoms with Gasteiger partial charge >= 0.3 is 0 Å². The molecule has 0 heterocycles. The molecule has 3 N–H and O–H groups in total. The summed E-state index contributed by atoms with van der Waals surface area (Å²) in [7, 11) is -2.09. The van der Waals surface area contributed by atoms with Crippen LogP contribution in [0.1, 0.15) is 32.6 Å². The minimum absolute atomic E-state index is 0.154. The molecule has 20 heavy (non-hydrogen) atoms. The fourth-order valence-electron chi connectivity index (χ4n) is 2.54. The lowest BCUT2D eigenvalue weighted by molar-refractivity contribution is 0.103. The van der Waals surface area contributed by atoms with Crippen LogP contribution in [0.2, 0.25) is 0 Å². The molecule has 0 radical (unpaired) electrons. The Labute approximate surface area is 120 Å². The van der Waals surface area contributed by atoms with Crippen LogP contribution in [0.4, 0.5) is 5.69 Å². The molecule has 0 aromatic heterocycles. The van der Waals surface area contributed by atoms with E-state index in [2.05, 4.69) is 11.6 Å². The molecule has 5 nitrogen and oxygen atoms in total. The number of hydrogen-bond donors (Lipinski definition) is 2. The largest absolute Gasteiger partial charge is 0.488 e. The van der Waals surface area contributed by atoms with Gasteiger partial charge in [-0.05, 0) is 50.4 Å². The van der Waals surface area contributed by atoms with Crippen LogP contribution in [-0.4, -0.2) is 21.6 Å². The summed E-state index contributed by atoms with van der Waals surface area (Å²) in [4.78, 5) is 0.154. The van der Waals surface area contributed by atoms with Gasteiger partial charge in [0.15, 0.2) is 0 Å². The smallest absolute Gasteiger partial charge is 0.240 e. The first-order chi connectivity index (χ1) is 9.44. The molecule has 6 heteroatoms. The Kier molecular flexibility index (Phi) is 4.55. The lowest BCUT2D eigenvalue weighted by Gasteiger charge is -2.29. The van der Waals surface area contributed by atoms with Gasteiger partial charge < -0.3 is 10.5 Å². The van der Waals surface area contributed by atoms with Gasteiger partial charge in [-0.25, -0.2) is 13.1 Å². The van der Waals surface area contributed by atoms with Crippen molar-refractivity contribution in [2.45, 2.75) is 43.6 Å². The molecule has 1 aromatic rings. The Balaban J connectivity index is 2.18. The van der Waals surface area contributed by atoms with E-state index >= 15 is 0 Å². The molecule has 1 saturated carbocycles. The van der Waals surface area contributed by atoms with Crippen LogP contribution in [0.3, 0.4) is 0 Å². The van der Waals surface area contributed by atoms with E-state index in [9.17, 15) is 8.42 Å². The van der Waals surface area contributed by atoms with Crippen LogP contribution in [0.5, 0.6) is 5.75 Å². The van der Waals surface area contributed by atoms with E-state index in [-0.39, 0.29) is 11.0 Å². The van der Waals surface area contributed by atoms with Gasteiger partial charge in [0.1, 0.15) is 11.9 Å². The standard InChI is InChI=1S/C14H22N2O3S/c1-10-5-3-4-6-13(10)19-14-8-7-11(9-12(14)15)20(17,18)16-2/h7-10,13,16H,3-6,15H2,1-2H3. The normalized spacial score (nSPS) is 23.5. The number of ether oxygens (including phenoxy) is 1. The SMILES string of the molecule is CNS(=O)(=O)c1ccc(OC2CCCCC2C)c(N)c1. The Hall–Kier alpha value is -1.27. The lowest BCUT2D eigenvalue weighted by Crippen LogP contribution is -2.28. The van der Waals surface area contributed by atoms with E-state index in [4.69, 9.17) is 10.5 Å². The van der Waals surface area contributed by atoms with Crippen molar-refractivity contribution in [3.63, 3.8) is 0 Å². The molecule has 0 saturated heterocycles.